The van der Waals surface area contributed by atoms with Crippen LogP contribution in [0.5, 0.6) is 0 Å². The molecular weight excluding hydrogens is 268 g/mol. The van der Waals surface area contributed by atoms with Gasteiger partial charge in [0.25, 0.3) is 0 Å². The first-order valence-electron chi connectivity index (χ1n) is 8.04. The molecular formula is C15H26N4O2. The van der Waals surface area contributed by atoms with E-state index < -0.39 is 0 Å². The Morgan fingerprint density at radius 3 is 2.67 bits per heavy atom. The van der Waals surface area contributed by atoms with Gasteiger partial charge in [0.1, 0.15) is 0 Å². The van der Waals surface area contributed by atoms with Gasteiger partial charge in [0, 0.05) is 12.5 Å². The van der Waals surface area contributed by atoms with Crippen molar-refractivity contribution < 1.29 is 9.63 Å². The number of rotatable bonds is 2. The van der Waals surface area contributed by atoms with E-state index in [9.17, 15) is 5.11 Å². The minimum atomic E-state index is -0.148. The molecule has 2 fully saturated rings. The van der Waals surface area contributed by atoms with Crippen molar-refractivity contribution in [2.75, 3.05) is 33.7 Å². The van der Waals surface area contributed by atoms with Crippen LogP contribution in [0, 0.1) is 0 Å². The Labute approximate surface area is 126 Å². The molecule has 21 heavy (non-hydrogen) atoms. The SMILES string of the molecule is CN1CCCN(C)C(c2noc(C3CCC(O)CC3)n2)C1. The molecule has 6 nitrogen and oxygen atoms in total. The molecule has 0 amide bonds. The van der Waals surface area contributed by atoms with Crippen molar-refractivity contribution in [2.45, 2.75) is 50.2 Å². The normalized spacial score (nSPS) is 33.0. The van der Waals surface area contributed by atoms with Gasteiger partial charge in [-0.2, -0.15) is 4.98 Å². The number of likely N-dealkylation sites (N-methyl/N-ethyl adjacent to an activating group) is 2. The summed E-state index contributed by atoms with van der Waals surface area (Å²) in [6.07, 6.45) is 4.61. The fourth-order valence-corrected chi connectivity index (χ4v) is 3.42. The fourth-order valence-electron chi connectivity index (χ4n) is 3.42. The zero-order valence-corrected chi connectivity index (χ0v) is 13.0. The zero-order valence-electron chi connectivity index (χ0n) is 13.0. The summed E-state index contributed by atoms with van der Waals surface area (Å²) in [6, 6.07) is 0.212. The van der Waals surface area contributed by atoms with Crippen molar-refractivity contribution in [3.05, 3.63) is 11.7 Å². The summed E-state index contributed by atoms with van der Waals surface area (Å²) in [4.78, 5) is 9.34. The second-order valence-corrected chi connectivity index (χ2v) is 6.61. The lowest BCUT2D eigenvalue weighted by atomic mass is 9.87. The third-order valence-corrected chi connectivity index (χ3v) is 4.87. The summed E-state index contributed by atoms with van der Waals surface area (Å²) in [5, 5.41) is 13.8. The molecule has 1 aromatic rings. The van der Waals surface area contributed by atoms with E-state index >= 15 is 0 Å². The molecule has 0 spiro atoms. The molecule has 2 aliphatic rings. The molecule has 118 valence electrons. The Kier molecular flexibility index (Phi) is 4.57. The van der Waals surface area contributed by atoms with E-state index in [0.29, 0.717) is 5.92 Å². The Morgan fingerprint density at radius 1 is 1.14 bits per heavy atom. The van der Waals surface area contributed by atoms with Crippen LogP contribution < -0.4 is 0 Å². The second-order valence-electron chi connectivity index (χ2n) is 6.61. The topological polar surface area (TPSA) is 65.6 Å². The molecule has 1 N–H and O–H groups in total. The summed E-state index contributed by atoms with van der Waals surface area (Å²) < 4.78 is 5.53. The molecule has 0 bridgehead atoms. The molecule has 1 saturated heterocycles. The van der Waals surface area contributed by atoms with Gasteiger partial charge in [-0.25, -0.2) is 0 Å². The summed E-state index contributed by atoms with van der Waals surface area (Å²) in [7, 11) is 4.28. The quantitative estimate of drug-likeness (QED) is 0.889. The maximum Gasteiger partial charge on any atom is 0.229 e. The van der Waals surface area contributed by atoms with Crippen molar-refractivity contribution in [3.63, 3.8) is 0 Å². The molecule has 1 aliphatic heterocycles. The predicted octanol–water partition coefficient (Wildman–Crippen LogP) is 1.40. The summed E-state index contributed by atoms with van der Waals surface area (Å²) in [6.45, 7) is 3.12. The first-order chi connectivity index (χ1) is 10.1. The van der Waals surface area contributed by atoms with E-state index in [1.54, 1.807) is 0 Å². The summed E-state index contributed by atoms with van der Waals surface area (Å²) >= 11 is 0. The van der Waals surface area contributed by atoms with E-state index in [1.165, 1.54) is 6.42 Å². The third kappa shape index (κ3) is 3.44. The molecule has 6 heteroatoms. The molecule has 1 atom stereocenters. The Balaban J connectivity index is 1.71. The van der Waals surface area contributed by atoms with Gasteiger partial charge in [-0.3, -0.25) is 4.90 Å². The highest BCUT2D eigenvalue weighted by Gasteiger charge is 2.29. The average Bonchev–Trinajstić information content (AvgIpc) is 2.88. The van der Waals surface area contributed by atoms with Crippen molar-refractivity contribution in [1.82, 2.24) is 19.9 Å². The van der Waals surface area contributed by atoms with Gasteiger partial charge < -0.3 is 14.5 Å². The van der Waals surface area contributed by atoms with Crippen LogP contribution in [0.4, 0.5) is 0 Å². The standard InChI is InChI=1S/C15H26N4O2/c1-18-8-3-9-19(2)13(10-18)14-16-15(21-17-14)11-4-6-12(20)7-5-11/h11-13,20H,3-10H2,1-2H3. The highest BCUT2D eigenvalue weighted by atomic mass is 16.5. The largest absolute Gasteiger partial charge is 0.393 e. The van der Waals surface area contributed by atoms with Crippen LogP contribution in [0.2, 0.25) is 0 Å². The summed E-state index contributed by atoms with van der Waals surface area (Å²) in [5.41, 5.74) is 0. The van der Waals surface area contributed by atoms with Gasteiger partial charge >= 0.3 is 0 Å². The van der Waals surface area contributed by atoms with Gasteiger partial charge in [-0.15, -0.1) is 0 Å². The van der Waals surface area contributed by atoms with E-state index in [1.807, 2.05) is 0 Å². The lowest BCUT2D eigenvalue weighted by Gasteiger charge is -2.24. The van der Waals surface area contributed by atoms with Gasteiger partial charge in [0.15, 0.2) is 5.82 Å². The van der Waals surface area contributed by atoms with Crippen LogP contribution in [0.3, 0.4) is 0 Å². The number of hydrogen-bond acceptors (Lipinski definition) is 6. The second kappa shape index (κ2) is 6.42. The van der Waals surface area contributed by atoms with Crippen molar-refractivity contribution >= 4 is 0 Å². The van der Waals surface area contributed by atoms with Gasteiger partial charge in [0.05, 0.1) is 12.1 Å². The highest BCUT2D eigenvalue weighted by Crippen LogP contribution is 2.32. The lowest BCUT2D eigenvalue weighted by molar-refractivity contribution is 0.116. The summed E-state index contributed by atoms with van der Waals surface area (Å²) in [5.74, 6) is 1.90. The average molecular weight is 294 g/mol. The lowest BCUT2D eigenvalue weighted by Crippen LogP contribution is -2.31. The molecule has 1 unspecified atom stereocenters. The van der Waals surface area contributed by atoms with Gasteiger partial charge in [-0.05, 0) is 59.3 Å². The number of aromatic nitrogens is 2. The molecule has 1 aliphatic carbocycles. The smallest absolute Gasteiger partial charge is 0.229 e. The van der Waals surface area contributed by atoms with Crippen LogP contribution in [-0.2, 0) is 0 Å². The maximum atomic E-state index is 9.60. The number of hydrogen-bond donors (Lipinski definition) is 1. The Morgan fingerprint density at radius 2 is 1.90 bits per heavy atom. The maximum absolute atomic E-state index is 9.60. The van der Waals surface area contributed by atoms with Gasteiger partial charge in [-0.1, -0.05) is 5.16 Å². The van der Waals surface area contributed by atoms with Crippen molar-refractivity contribution in [1.29, 1.82) is 0 Å². The number of nitrogens with zero attached hydrogens (tertiary/aromatic N) is 4. The van der Waals surface area contributed by atoms with Crippen LogP contribution in [0.1, 0.15) is 55.8 Å². The van der Waals surface area contributed by atoms with E-state index in [0.717, 1.165) is 57.0 Å². The minimum absolute atomic E-state index is 0.148. The van der Waals surface area contributed by atoms with Crippen molar-refractivity contribution in [3.8, 4) is 0 Å². The Hall–Kier alpha value is -0.980. The molecule has 0 aromatic carbocycles. The molecule has 1 saturated carbocycles. The Bertz CT molecular complexity index is 456. The molecule has 2 heterocycles. The monoisotopic (exact) mass is 294 g/mol. The molecule has 0 radical (unpaired) electrons. The van der Waals surface area contributed by atoms with Crippen LogP contribution in [0.15, 0.2) is 4.52 Å². The van der Waals surface area contributed by atoms with Crippen molar-refractivity contribution in [2.24, 2.45) is 0 Å². The fraction of sp³-hybridized carbons (Fsp3) is 0.867. The van der Waals surface area contributed by atoms with Gasteiger partial charge in [0.2, 0.25) is 5.89 Å². The highest BCUT2D eigenvalue weighted by molar-refractivity contribution is 5.01. The molecule has 1 aromatic heterocycles. The zero-order chi connectivity index (χ0) is 14.8. The first kappa shape index (κ1) is 14.9. The molecule has 3 rings (SSSR count). The predicted molar refractivity (Wildman–Crippen MR) is 79.0 cm³/mol. The third-order valence-electron chi connectivity index (χ3n) is 4.87. The van der Waals surface area contributed by atoms with E-state index in [-0.39, 0.29) is 12.1 Å². The number of aliphatic hydroxyl groups excluding tert-OH is 1. The first-order valence-corrected chi connectivity index (χ1v) is 8.04. The van der Waals surface area contributed by atoms with Crippen LogP contribution in [-0.4, -0.2) is 64.9 Å². The van der Waals surface area contributed by atoms with Crippen LogP contribution >= 0.6 is 0 Å². The number of aliphatic hydroxyl groups is 1. The van der Waals surface area contributed by atoms with Crippen LogP contribution in [0.25, 0.3) is 0 Å². The minimum Gasteiger partial charge on any atom is -0.393 e. The van der Waals surface area contributed by atoms with E-state index in [4.69, 9.17) is 4.52 Å². The van der Waals surface area contributed by atoms with E-state index in [2.05, 4.69) is 34.0 Å².